The van der Waals surface area contributed by atoms with Crippen molar-refractivity contribution in [2.75, 3.05) is 13.1 Å². The smallest absolute Gasteiger partial charge is 0.255 e. The summed E-state index contributed by atoms with van der Waals surface area (Å²) in [5, 5.41) is 9.36. The molecule has 31 heavy (non-hydrogen) atoms. The van der Waals surface area contributed by atoms with E-state index in [1.807, 2.05) is 24.4 Å². The molecule has 0 saturated carbocycles. The minimum Gasteiger partial charge on any atom is -0.325 e. The highest BCUT2D eigenvalue weighted by molar-refractivity contribution is 6.05. The third-order valence-electron chi connectivity index (χ3n) is 7.12. The fourth-order valence-electron chi connectivity index (χ4n) is 5.41. The van der Waals surface area contributed by atoms with Gasteiger partial charge in [-0.1, -0.05) is 12.1 Å². The highest BCUT2D eigenvalue weighted by Gasteiger charge is 2.48. The number of carbonyl (C=O) groups excluding carboxylic acids is 3. The summed E-state index contributed by atoms with van der Waals surface area (Å²) in [7, 11) is 0. The Hall–Kier alpha value is -3.04. The molecule has 0 aliphatic carbocycles. The van der Waals surface area contributed by atoms with E-state index in [4.69, 9.17) is 0 Å². The Bertz CT molecular complexity index is 1100. The van der Waals surface area contributed by atoms with Crippen LogP contribution in [0.25, 0.3) is 0 Å². The van der Waals surface area contributed by atoms with Gasteiger partial charge in [0.2, 0.25) is 11.8 Å². The Labute approximate surface area is 179 Å². The van der Waals surface area contributed by atoms with Gasteiger partial charge in [0, 0.05) is 50.6 Å². The number of benzene rings is 1. The van der Waals surface area contributed by atoms with Crippen LogP contribution in [-0.4, -0.2) is 51.3 Å². The van der Waals surface area contributed by atoms with E-state index in [2.05, 4.69) is 31.7 Å². The summed E-state index contributed by atoms with van der Waals surface area (Å²) in [6.45, 7) is 3.04. The summed E-state index contributed by atoms with van der Waals surface area (Å²) in [5.41, 5.74) is 2.82. The third kappa shape index (κ3) is 2.84. The van der Waals surface area contributed by atoms with Gasteiger partial charge in [0.15, 0.2) is 0 Å². The second kappa shape index (κ2) is 6.73. The van der Waals surface area contributed by atoms with E-state index in [0.717, 1.165) is 36.5 Å². The van der Waals surface area contributed by atoms with Crippen molar-refractivity contribution in [1.29, 1.82) is 0 Å². The predicted octanol–water partition coefficient (Wildman–Crippen LogP) is 0.177. The maximum absolute atomic E-state index is 12.8. The number of fused-ring (bicyclic) bond motifs is 3. The Morgan fingerprint density at radius 3 is 2.87 bits per heavy atom. The largest absolute Gasteiger partial charge is 0.325 e. The molecule has 2 atom stereocenters. The molecule has 4 aliphatic heterocycles. The lowest BCUT2D eigenvalue weighted by Gasteiger charge is -2.41. The number of imide groups is 1. The molecule has 2 aromatic rings. The number of rotatable bonds is 4. The molecule has 3 N–H and O–H groups in total. The SMILES string of the molecule is O=C1CCC(N2Cc3cc(CNC4CC5(CNC5)n5ccnc54)ccc3C2=O)C(=O)N1. The van der Waals surface area contributed by atoms with Crippen LogP contribution in [0.4, 0.5) is 0 Å². The van der Waals surface area contributed by atoms with Crippen LogP contribution in [0.3, 0.4) is 0 Å². The number of piperidine rings is 1. The van der Waals surface area contributed by atoms with Gasteiger partial charge in [-0.25, -0.2) is 4.98 Å². The van der Waals surface area contributed by atoms with Crippen LogP contribution in [0.2, 0.25) is 0 Å². The molecule has 1 aromatic carbocycles. The topological polar surface area (TPSA) is 108 Å². The van der Waals surface area contributed by atoms with Crippen molar-refractivity contribution in [2.24, 2.45) is 0 Å². The van der Waals surface area contributed by atoms with Crippen LogP contribution >= 0.6 is 0 Å². The number of hydrogen-bond donors (Lipinski definition) is 3. The Morgan fingerprint density at radius 1 is 1.23 bits per heavy atom. The molecule has 1 aromatic heterocycles. The predicted molar refractivity (Wildman–Crippen MR) is 110 cm³/mol. The first-order chi connectivity index (χ1) is 15.0. The van der Waals surface area contributed by atoms with E-state index in [-0.39, 0.29) is 35.7 Å². The third-order valence-corrected chi connectivity index (χ3v) is 7.12. The average Bonchev–Trinajstić information content (AvgIpc) is 3.40. The fourth-order valence-corrected chi connectivity index (χ4v) is 5.41. The maximum atomic E-state index is 12.8. The normalized spacial score (nSPS) is 26.1. The van der Waals surface area contributed by atoms with Gasteiger partial charge in [0.05, 0.1) is 11.6 Å². The number of nitrogens with one attached hydrogen (secondary N) is 3. The van der Waals surface area contributed by atoms with Crippen molar-refractivity contribution >= 4 is 17.7 Å². The van der Waals surface area contributed by atoms with Gasteiger partial charge >= 0.3 is 0 Å². The summed E-state index contributed by atoms with van der Waals surface area (Å²) >= 11 is 0. The van der Waals surface area contributed by atoms with Crippen LogP contribution in [0, 0.1) is 0 Å². The molecule has 2 unspecified atom stereocenters. The van der Waals surface area contributed by atoms with Gasteiger partial charge in [-0.05, 0) is 30.0 Å². The van der Waals surface area contributed by atoms with Crippen molar-refractivity contribution in [3.8, 4) is 0 Å². The number of imidazole rings is 1. The van der Waals surface area contributed by atoms with Gasteiger partial charge in [0.1, 0.15) is 11.9 Å². The molecule has 9 heteroatoms. The molecule has 2 saturated heterocycles. The van der Waals surface area contributed by atoms with Crippen molar-refractivity contribution < 1.29 is 14.4 Å². The van der Waals surface area contributed by atoms with Crippen LogP contribution in [0.15, 0.2) is 30.6 Å². The van der Waals surface area contributed by atoms with Gasteiger partial charge in [-0.3, -0.25) is 19.7 Å². The lowest BCUT2D eigenvalue weighted by molar-refractivity contribution is -0.136. The summed E-state index contributed by atoms with van der Waals surface area (Å²) in [6.07, 6.45) is 5.61. The molecule has 0 radical (unpaired) electrons. The van der Waals surface area contributed by atoms with E-state index < -0.39 is 6.04 Å². The molecule has 2 fully saturated rings. The maximum Gasteiger partial charge on any atom is 0.255 e. The quantitative estimate of drug-likeness (QED) is 0.609. The second-order valence-corrected chi connectivity index (χ2v) is 9.01. The van der Waals surface area contributed by atoms with Crippen LogP contribution in [-0.2, 0) is 28.2 Å². The number of aromatic nitrogens is 2. The monoisotopic (exact) mass is 420 g/mol. The number of nitrogens with zero attached hydrogens (tertiary/aromatic N) is 3. The van der Waals surface area contributed by atoms with Gasteiger partial charge in [-0.15, -0.1) is 0 Å². The molecule has 6 rings (SSSR count). The van der Waals surface area contributed by atoms with Crippen LogP contribution in [0.1, 0.15) is 52.6 Å². The molecule has 3 amide bonds. The van der Waals surface area contributed by atoms with Crippen molar-refractivity contribution in [3.05, 3.63) is 53.1 Å². The Balaban J connectivity index is 1.15. The van der Waals surface area contributed by atoms with E-state index in [1.165, 1.54) is 0 Å². The van der Waals surface area contributed by atoms with Crippen molar-refractivity contribution in [1.82, 2.24) is 30.4 Å². The minimum absolute atomic E-state index is 0.138. The fraction of sp³-hybridized carbons (Fsp3) is 0.455. The van der Waals surface area contributed by atoms with Crippen LogP contribution < -0.4 is 16.0 Å². The standard InChI is InChI=1S/C22H24N6O3/c29-18-4-3-17(20(30)26-18)27-10-14-7-13(1-2-15(14)21(27)31)9-25-16-8-22(11-23-12-22)28-6-5-24-19(16)28/h1-2,5-7,16-17,23,25H,3-4,8-12H2,(H,26,29,30). The highest BCUT2D eigenvalue weighted by Crippen LogP contribution is 2.41. The molecule has 0 bridgehead atoms. The molecule has 160 valence electrons. The second-order valence-electron chi connectivity index (χ2n) is 9.01. The summed E-state index contributed by atoms with van der Waals surface area (Å²) in [6, 6.07) is 5.50. The van der Waals surface area contributed by atoms with E-state index in [0.29, 0.717) is 25.1 Å². The lowest BCUT2D eigenvalue weighted by atomic mass is 9.88. The molecular formula is C22H24N6O3. The summed E-state index contributed by atoms with van der Waals surface area (Å²) in [4.78, 5) is 42.7. The summed E-state index contributed by atoms with van der Waals surface area (Å²) in [5.74, 6) is 0.296. The van der Waals surface area contributed by atoms with Crippen molar-refractivity contribution in [3.63, 3.8) is 0 Å². The van der Waals surface area contributed by atoms with Gasteiger partial charge in [0.25, 0.3) is 5.91 Å². The average molecular weight is 420 g/mol. The van der Waals surface area contributed by atoms with E-state index in [9.17, 15) is 14.4 Å². The highest BCUT2D eigenvalue weighted by atomic mass is 16.2. The lowest BCUT2D eigenvalue weighted by Crippen LogP contribution is -2.58. The number of amides is 3. The zero-order chi connectivity index (χ0) is 21.2. The molecule has 5 heterocycles. The zero-order valence-corrected chi connectivity index (χ0v) is 17.1. The van der Waals surface area contributed by atoms with E-state index >= 15 is 0 Å². The molecule has 1 spiro atoms. The molecule has 9 nitrogen and oxygen atoms in total. The summed E-state index contributed by atoms with van der Waals surface area (Å²) < 4.78 is 2.31. The zero-order valence-electron chi connectivity index (χ0n) is 17.1. The van der Waals surface area contributed by atoms with Gasteiger partial charge < -0.3 is 20.1 Å². The first-order valence-electron chi connectivity index (χ1n) is 10.8. The Kier molecular flexibility index (Phi) is 4.06. The molecular weight excluding hydrogens is 396 g/mol. The number of carbonyl (C=O) groups is 3. The molecule has 4 aliphatic rings. The Morgan fingerprint density at radius 2 is 2.10 bits per heavy atom. The minimum atomic E-state index is -0.580. The van der Waals surface area contributed by atoms with Gasteiger partial charge in [-0.2, -0.15) is 0 Å². The first-order valence-corrected chi connectivity index (χ1v) is 10.8. The first kappa shape index (κ1) is 18.7. The number of hydrogen-bond acceptors (Lipinski definition) is 6. The van der Waals surface area contributed by atoms with Crippen molar-refractivity contribution in [2.45, 2.75) is 50.0 Å². The van der Waals surface area contributed by atoms with E-state index in [1.54, 1.807) is 4.90 Å². The van der Waals surface area contributed by atoms with Crippen LogP contribution in [0.5, 0.6) is 0 Å².